The first kappa shape index (κ1) is 14.8. The fourth-order valence-electron chi connectivity index (χ4n) is 4.03. The molecular weight excluding hydrogens is 280 g/mol. The molecule has 2 aromatic rings. The van der Waals surface area contributed by atoms with Gasteiger partial charge in [-0.2, -0.15) is 5.10 Å². The lowest BCUT2D eigenvalue weighted by molar-refractivity contribution is 0.185. The summed E-state index contributed by atoms with van der Waals surface area (Å²) in [5.74, 6) is 1.41. The number of H-pyrrole nitrogens is 1. The Balaban J connectivity index is 2.17. The van der Waals surface area contributed by atoms with Crippen LogP contribution in [0.25, 0.3) is 11.2 Å². The van der Waals surface area contributed by atoms with Crippen LogP contribution in [-0.4, -0.2) is 19.3 Å². The molecule has 0 saturated heterocycles. The normalized spacial score (nSPS) is 23.3. The Hall–Kier alpha value is -1.10. The van der Waals surface area contributed by atoms with Gasteiger partial charge in [-0.25, -0.2) is 0 Å². The second kappa shape index (κ2) is 5.59. The number of aromatic nitrogens is 4. The second-order valence-electron chi connectivity index (χ2n) is 6.68. The van der Waals surface area contributed by atoms with Gasteiger partial charge in [0.15, 0.2) is 10.4 Å². The minimum absolute atomic E-state index is 0.514. The first-order chi connectivity index (χ1) is 10.0. The van der Waals surface area contributed by atoms with E-state index in [-0.39, 0.29) is 0 Å². The molecular formula is C16H26N4S. The standard InChI is InChI=1S/C16H26N4S/c1-5-12-14-15(19(4)18-12)20(16(21)17-14)13-9-7-6-8-11(13)10(2)3/h10-11,13H,5-9H2,1-4H3,(H,17,21). The minimum atomic E-state index is 0.514. The summed E-state index contributed by atoms with van der Waals surface area (Å²) in [6, 6.07) is 0.514. The maximum Gasteiger partial charge on any atom is 0.179 e. The summed E-state index contributed by atoms with van der Waals surface area (Å²) in [4.78, 5) is 3.42. The molecule has 116 valence electrons. The van der Waals surface area contributed by atoms with E-state index in [1.54, 1.807) is 0 Å². The summed E-state index contributed by atoms with van der Waals surface area (Å²) in [5.41, 5.74) is 3.43. The SMILES string of the molecule is CCc1nn(C)c2c1[nH]c(=S)n2C1CCCCC1C(C)C. The number of fused-ring (bicyclic) bond motifs is 1. The first-order valence-electron chi connectivity index (χ1n) is 8.20. The zero-order valence-electron chi connectivity index (χ0n) is 13.5. The maximum absolute atomic E-state index is 5.66. The van der Waals surface area contributed by atoms with Crippen molar-refractivity contribution in [2.45, 2.75) is 58.9 Å². The first-order valence-corrected chi connectivity index (χ1v) is 8.61. The molecule has 2 atom stereocenters. The molecule has 21 heavy (non-hydrogen) atoms. The average molecular weight is 306 g/mol. The number of hydrogen-bond acceptors (Lipinski definition) is 2. The highest BCUT2D eigenvalue weighted by atomic mass is 32.1. The van der Waals surface area contributed by atoms with Crippen molar-refractivity contribution >= 4 is 23.4 Å². The number of nitrogens with one attached hydrogen (secondary N) is 1. The van der Waals surface area contributed by atoms with E-state index in [4.69, 9.17) is 12.2 Å². The van der Waals surface area contributed by atoms with Crippen molar-refractivity contribution in [1.82, 2.24) is 19.3 Å². The fraction of sp³-hybridized carbons (Fsp3) is 0.750. The number of imidazole rings is 1. The van der Waals surface area contributed by atoms with E-state index < -0.39 is 0 Å². The Morgan fingerprint density at radius 3 is 2.71 bits per heavy atom. The van der Waals surface area contributed by atoms with Crippen LogP contribution in [0, 0.1) is 16.6 Å². The topological polar surface area (TPSA) is 38.5 Å². The molecule has 0 spiro atoms. The van der Waals surface area contributed by atoms with Crippen molar-refractivity contribution in [3.63, 3.8) is 0 Å². The third kappa shape index (κ3) is 2.35. The molecule has 0 radical (unpaired) electrons. The third-order valence-electron chi connectivity index (χ3n) is 5.07. The molecule has 2 heterocycles. The van der Waals surface area contributed by atoms with Crippen molar-refractivity contribution in [3.05, 3.63) is 10.5 Å². The predicted octanol–water partition coefficient (Wildman–Crippen LogP) is 4.38. The van der Waals surface area contributed by atoms with E-state index in [2.05, 4.69) is 35.4 Å². The van der Waals surface area contributed by atoms with E-state index >= 15 is 0 Å². The number of aromatic amines is 1. The zero-order chi connectivity index (χ0) is 15.1. The molecule has 1 aliphatic carbocycles. The molecule has 0 amide bonds. The highest BCUT2D eigenvalue weighted by molar-refractivity contribution is 7.71. The van der Waals surface area contributed by atoms with Gasteiger partial charge in [0, 0.05) is 13.1 Å². The molecule has 1 aliphatic rings. The lowest BCUT2D eigenvalue weighted by Gasteiger charge is -2.35. The number of aryl methyl sites for hydroxylation is 2. The van der Waals surface area contributed by atoms with E-state index in [1.165, 1.54) is 31.3 Å². The van der Waals surface area contributed by atoms with Crippen molar-refractivity contribution < 1.29 is 0 Å². The summed E-state index contributed by atoms with van der Waals surface area (Å²) < 4.78 is 5.23. The molecule has 1 saturated carbocycles. The van der Waals surface area contributed by atoms with Crippen LogP contribution in [0.1, 0.15) is 58.2 Å². The molecule has 1 N–H and O–H groups in total. The van der Waals surface area contributed by atoms with Gasteiger partial charge in [-0.15, -0.1) is 0 Å². The van der Waals surface area contributed by atoms with Gasteiger partial charge in [0.1, 0.15) is 5.52 Å². The lowest BCUT2D eigenvalue weighted by atomic mass is 9.77. The number of hydrogen-bond donors (Lipinski definition) is 1. The average Bonchev–Trinajstić information content (AvgIpc) is 2.95. The van der Waals surface area contributed by atoms with Gasteiger partial charge in [0.2, 0.25) is 0 Å². The minimum Gasteiger partial charge on any atom is -0.328 e. The van der Waals surface area contributed by atoms with E-state index in [1.807, 2.05) is 11.7 Å². The van der Waals surface area contributed by atoms with Gasteiger partial charge in [-0.3, -0.25) is 9.25 Å². The van der Waals surface area contributed by atoms with Gasteiger partial charge in [-0.05, 0) is 43.3 Å². The number of rotatable bonds is 3. The predicted molar refractivity (Wildman–Crippen MR) is 89.1 cm³/mol. The largest absolute Gasteiger partial charge is 0.328 e. The number of nitrogens with zero attached hydrogens (tertiary/aromatic N) is 3. The van der Waals surface area contributed by atoms with Crippen molar-refractivity contribution in [2.75, 3.05) is 0 Å². The van der Waals surface area contributed by atoms with Gasteiger partial charge in [0.05, 0.1) is 5.69 Å². The summed E-state index contributed by atoms with van der Waals surface area (Å²) in [5, 5.41) is 4.65. The van der Waals surface area contributed by atoms with Crippen molar-refractivity contribution in [2.24, 2.45) is 18.9 Å². The molecule has 3 rings (SSSR count). The van der Waals surface area contributed by atoms with Crippen LogP contribution < -0.4 is 0 Å². The van der Waals surface area contributed by atoms with Gasteiger partial charge >= 0.3 is 0 Å². The highest BCUT2D eigenvalue weighted by Crippen LogP contribution is 2.40. The molecule has 0 aromatic carbocycles. The van der Waals surface area contributed by atoms with E-state index in [9.17, 15) is 0 Å². The maximum atomic E-state index is 5.66. The summed E-state index contributed by atoms with van der Waals surface area (Å²) in [6.07, 6.45) is 6.14. The van der Waals surface area contributed by atoms with Crippen molar-refractivity contribution in [3.8, 4) is 0 Å². The van der Waals surface area contributed by atoms with Crippen LogP contribution in [0.5, 0.6) is 0 Å². The van der Waals surface area contributed by atoms with Crippen molar-refractivity contribution in [1.29, 1.82) is 0 Å². The fourth-order valence-corrected chi connectivity index (χ4v) is 4.35. The van der Waals surface area contributed by atoms with Crippen LogP contribution in [-0.2, 0) is 13.5 Å². The quantitative estimate of drug-likeness (QED) is 0.855. The van der Waals surface area contributed by atoms with Gasteiger partial charge in [0.25, 0.3) is 0 Å². The Morgan fingerprint density at radius 1 is 1.33 bits per heavy atom. The molecule has 2 aromatic heterocycles. The van der Waals surface area contributed by atoms with Gasteiger partial charge < -0.3 is 4.98 Å². The molecule has 1 fully saturated rings. The summed E-state index contributed by atoms with van der Waals surface area (Å²) in [7, 11) is 2.04. The van der Waals surface area contributed by atoms with Crippen LogP contribution >= 0.6 is 12.2 Å². The summed E-state index contributed by atoms with van der Waals surface area (Å²) in [6.45, 7) is 6.84. The smallest absolute Gasteiger partial charge is 0.179 e. The second-order valence-corrected chi connectivity index (χ2v) is 7.07. The van der Waals surface area contributed by atoms with E-state index in [0.29, 0.717) is 17.9 Å². The Bertz CT molecular complexity index is 691. The third-order valence-corrected chi connectivity index (χ3v) is 5.37. The van der Waals surface area contributed by atoms with Crippen LogP contribution in [0.4, 0.5) is 0 Å². The van der Waals surface area contributed by atoms with E-state index in [0.717, 1.165) is 22.4 Å². The lowest BCUT2D eigenvalue weighted by Crippen LogP contribution is -2.27. The monoisotopic (exact) mass is 306 g/mol. The zero-order valence-corrected chi connectivity index (χ0v) is 14.3. The van der Waals surface area contributed by atoms with Crippen LogP contribution in [0.2, 0.25) is 0 Å². The molecule has 5 heteroatoms. The molecule has 0 aliphatic heterocycles. The van der Waals surface area contributed by atoms with Crippen LogP contribution in [0.3, 0.4) is 0 Å². The molecule has 0 bridgehead atoms. The summed E-state index contributed by atoms with van der Waals surface area (Å²) >= 11 is 5.66. The Morgan fingerprint density at radius 2 is 2.05 bits per heavy atom. The molecule has 2 unspecified atom stereocenters. The Kier molecular flexibility index (Phi) is 3.95. The molecule has 4 nitrogen and oxygen atoms in total. The Labute approximate surface area is 131 Å². The van der Waals surface area contributed by atoms with Crippen LogP contribution in [0.15, 0.2) is 0 Å². The highest BCUT2D eigenvalue weighted by Gasteiger charge is 2.31. The van der Waals surface area contributed by atoms with Gasteiger partial charge in [-0.1, -0.05) is 33.6 Å².